The molecule has 0 heterocycles. The summed E-state index contributed by atoms with van der Waals surface area (Å²) in [6.07, 6.45) is 2.05. The van der Waals surface area contributed by atoms with Crippen LogP contribution < -0.4 is 5.43 Å². The Bertz CT molecular complexity index is 935. The van der Waals surface area contributed by atoms with Gasteiger partial charge in [-0.3, -0.25) is 4.79 Å². The van der Waals surface area contributed by atoms with Gasteiger partial charge in [0.05, 0.1) is 6.21 Å². The molecule has 3 aromatic carbocycles. The Kier molecular flexibility index (Phi) is 4.95. The first-order valence-corrected chi connectivity index (χ1v) is 7.94. The Morgan fingerprint density at radius 2 is 1.76 bits per heavy atom. The van der Waals surface area contributed by atoms with Crippen LogP contribution in [0.4, 0.5) is 0 Å². The zero-order chi connectivity index (χ0) is 17.6. The van der Waals surface area contributed by atoms with Crippen molar-refractivity contribution >= 4 is 22.9 Å². The van der Waals surface area contributed by atoms with Crippen LogP contribution >= 0.6 is 0 Å². The van der Waals surface area contributed by atoms with Gasteiger partial charge in [-0.1, -0.05) is 48.5 Å². The monoisotopic (exact) mass is 334 g/mol. The van der Waals surface area contributed by atoms with Crippen LogP contribution in [0, 0.1) is 0 Å². The predicted molar refractivity (Wildman–Crippen MR) is 97.8 cm³/mol. The molecule has 0 radical (unpaired) electrons. The molecule has 1 amide bonds. The second-order valence-corrected chi connectivity index (χ2v) is 5.65. The van der Waals surface area contributed by atoms with Crippen LogP contribution in [0.15, 0.2) is 65.8 Å². The first kappa shape index (κ1) is 16.5. The standard InChI is InChI=1S/C20H18N2O3/c23-18-8-4-2-6-15(18)11-12-19(24)22-21-13-16-10-9-14-5-1-3-7-17(14)20(16)25/h1-10,13,23,25H,11-12H2,(H,22,24)/b21-13-. The number of hydrazone groups is 1. The van der Waals surface area contributed by atoms with Gasteiger partial charge in [-0.05, 0) is 29.5 Å². The number of nitrogens with zero attached hydrogens (tertiary/aromatic N) is 1. The molecule has 0 atom stereocenters. The summed E-state index contributed by atoms with van der Waals surface area (Å²) in [6.45, 7) is 0. The molecule has 0 unspecified atom stereocenters. The topological polar surface area (TPSA) is 81.9 Å². The van der Waals surface area contributed by atoms with E-state index in [0.29, 0.717) is 17.5 Å². The quantitative estimate of drug-likeness (QED) is 0.494. The van der Waals surface area contributed by atoms with Gasteiger partial charge in [-0.15, -0.1) is 0 Å². The van der Waals surface area contributed by atoms with Crippen LogP contribution in [-0.4, -0.2) is 22.3 Å². The van der Waals surface area contributed by atoms with E-state index in [1.165, 1.54) is 6.21 Å². The number of amides is 1. The van der Waals surface area contributed by atoms with Gasteiger partial charge in [0.15, 0.2) is 0 Å². The normalized spacial score (nSPS) is 11.0. The molecule has 0 saturated heterocycles. The van der Waals surface area contributed by atoms with E-state index >= 15 is 0 Å². The van der Waals surface area contributed by atoms with E-state index in [2.05, 4.69) is 10.5 Å². The highest BCUT2D eigenvalue weighted by Crippen LogP contribution is 2.27. The number of aromatic hydroxyl groups is 2. The molecule has 3 aromatic rings. The number of carbonyl (C=O) groups is 1. The summed E-state index contributed by atoms with van der Waals surface area (Å²) in [6, 6.07) is 18.0. The SMILES string of the molecule is O=C(CCc1ccccc1O)N/N=C\c1ccc2ccccc2c1O. The van der Waals surface area contributed by atoms with E-state index in [1.807, 2.05) is 36.4 Å². The number of phenols is 2. The maximum absolute atomic E-state index is 11.8. The van der Waals surface area contributed by atoms with Crippen LogP contribution in [0.2, 0.25) is 0 Å². The Hall–Kier alpha value is -3.34. The van der Waals surface area contributed by atoms with Crippen molar-refractivity contribution in [1.29, 1.82) is 0 Å². The van der Waals surface area contributed by atoms with E-state index in [1.54, 1.807) is 24.3 Å². The fraction of sp³-hybridized carbons (Fsp3) is 0.100. The lowest BCUT2D eigenvalue weighted by Gasteiger charge is -2.05. The number of para-hydroxylation sites is 1. The zero-order valence-electron chi connectivity index (χ0n) is 13.5. The number of fused-ring (bicyclic) bond motifs is 1. The molecule has 0 aliphatic rings. The summed E-state index contributed by atoms with van der Waals surface area (Å²) in [5.74, 6) is 0.0463. The van der Waals surface area contributed by atoms with Crippen molar-refractivity contribution < 1.29 is 15.0 Å². The van der Waals surface area contributed by atoms with Crippen LogP contribution in [0.5, 0.6) is 11.5 Å². The lowest BCUT2D eigenvalue weighted by molar-refractivity contribution is -0.121. The largest absolute Gasteiger partial charge is 0.508 e. The minimum atomic E-state index is -0.264. The molecule has 0 aliphatic heterocycles. The van der Waals surface area contributed by atoms with Gasteiger partial charge in [0.1, 0.15) is 11.5 Å². The number of phenolic OH excluding ortho intramolecular Hbond substituents is 2. The smallest absolute Gasteiger partial charge is 0.240 e. The van der Waals surface area contributed by atoms with Crippen LogP contribution in [0.25, 0.3) is 10.8 Å². The maximum Gasteiger partial charge on any atom is 0.240 e. The summed E-state index contributed by atoms with van der Waals surface area (Å²) in [4.78, 5) is 11.8. The Morgan fingerprint density at radius 1 is 1.00 bits per heavy atom. The van der Waals surface area contributed by atoms with Crippen molar-refractivity contribution in [3.63, 3.8) is 0 Å². The zero-order valence-corrected chi connectivity index (χ0v) is 13.5. The number of hydrogen-bond acceptors (Lipinski definition) is 4. The van der Waals surface area contributed by atoms with Gasteiger partial charge in [0.2, 0.25) is 5.91 Å². The van der Waals surface area contributed by atoms with Crippen LogP contribution in [0.1, 0.15) is 17.5 Å². The molecule has 25 heavy (non-hydrogen) atoms. The number of aryl methyl sites for hydroxylation is 1. The molecule has 0 fully saturated rings. The van der Waals surface area contributed by atoms with Gasteiger partial charge in [-0.25, -0.2) is 5.43 Å². The van der Waals surface area contributed by atoms with Crippen LogP contribution in [-0.2, 0) is 11.2 Å². The van der Waals surface area contributed by atoms with Crippen molar-refractivity contribution in [2.24, 2.45) is 5.10 Å². The number of nitrogens with one attached hydrogen (secondary N) is 1. The molecule has 0 bridgehead atoms. The molecule has 3 N–H and O–H groups in total. The molecule has 0 aromatic heterocycles. The van der Waals surface area contributed by atoms with Crippen molar-refractivity contribution in [3.8, 4) is 11.5 Å². The number of rotatable bonds is 5. The third kappa shape index (κ3) is 3.95. The lowest BCUT2D eigenvalue weighted by Crippen LogP contribution is -2.17. The Balaban J connectivity index is 1.60. The molecular weight excluding hydrogens is 316 g/mol. The molecule has 126 valence electrons. The third-order valence-corrected chi connectivity index (χ3v) is 3.94. The minimum absolute atomic E-state index is 0.130. The number of hydrogen-bond donors (Lipinski definition) is 3. The highest BCUT2D eigenvalue weighted by molar-refractivity contribution is 5.97. The molecule has 0 aliphatic carbocycles. The van der Waals surface area contributed by atoms with Gasteiger partial charge in [0.25, 0.3) is 0 Å². The summed E-state index contributed by atoms with van der Waals surface area (Å²) >= 11 is 0. The summed E-state index contributed by atoms with van der Waals surface area (Å²) in [7, 11) is 0. The fourth-order valence-corrected chi connectivity index (χ4v) is 2.58. The first-order chi connectivity index (χ1) is 12.1. The fourth-order valence-electron chi connectivity index (χ4n) is 2.58. The van der Waals surface area contributed by atoms with Gasteiger partial charge >= 0.3 is 0 Å². The van der Waals surface area contributed by atoms with Crippen molar-refractivity contribution in [2.45, 2.75) is 12.8 Å². The predicted octanol–water partition coefficient (Wildman–Crippen LogP) is 3.33. The Morgan fingerprint density at radius 3 is 2.60 bits per heavy atom. The van der Waals surface area contributed by atoms with Crippen LogP contribution in [0.3, 0.4) is 0 Å². The highest BCUT2D eigenvalue weighted by atomic mass is 16.3. The summed E-state index contributed by atoms with van der Waals surface area (Å²) in [5, 5.41) is 25.5. The highest BCUT2D eigenvalue weighted by Gasteiger charge is 2.06. The van der Waals surface area contributed by atoms with E-state index < -0.39 is 0 Å². The second-order valence-electron chi connectivity index (χ2n) is 5.65. The van der Waals surface area contributed by atoms with Crippen molar-refractivity contribution in [3.05, 3.63) is 71.8 Å². The second kappa shape index (κ2) is 7.49. The molecule has 5 nitrogen and oxygen atoms in total. The van der Waals surface area contributed by atoms with Gasteiger partial charge in [-0.2, -0.15) is 5.10 Å². The number of carbonyl (C=O) groups excluding carboxylic acids is 1. The van der Waals surface area contributed by atoms with Crippen molar-refractivity contribution in [1.82, 2.24) is 5.43 Å². The van der Waals surface area contributed by atoms with E-state index in [0.717, 1.165) is 10.8 Å². The summed E-state index contributed by atoms with van der Waals surface area (Å²) < 4.78 is 0. The minimum Gasteiger partial charge on any atom is -0.508 e. The Labute approximate surface area is 145 Å². The average Bonchev–Trinajstić information content (AvgIpc) is 2.63. The third-order valence-electron chi connectivity index (χ3n) is 3.94. The molecule has 5 heteroatoms. The average molecular weight is 334 g/mol. The van der Waals surface area contributed by atoms with Crippen molar-refractivity contribution in [2.75, 3.05) is 0 Å². The number of benzene rings is 3. The van der Waals surface area contributed by atoms with Gasteiger partial charge in [0, 0.05) is 17.4 Å². The molecule has 0 saturated carbocycles. The lowest BCUT2D eigenvalue weighted by atomic mass is 10.1. The van der Waals surface area contributed by atoms with E-state index in [9.17, 15) is 15.0 Å². The van der Waals surface area contributed by atoms with Gasteiger partial charge < -0.3 is 10.2 Å². The van der Waals surface area contributed by atoms with E-state index in [-0.39, 0.29) is 23.8 Å². The maximum atomic E-state index is 11.8. The molecule has 0 spiro atoms. The molecule has 3 rings (SSSR count). The van der Waals surface area contributed by atoms with E-state index in [4.69, 9.17) is 0 Å². The first-order valence-electron chi connectivity index (χ1n) is 7.94. The molecular formula is C20H18N2O3. The summed E-state index contributed by atoms with van der Waals surface area (Å²) in [5.41, 5.74) is 3.68.